The third-order valence-electron chi connectivity index (χ3n) is 10.8. The fraction of sp³-hybridized carbons (Fsp3) is 0.231. The van der Waals surface area contributed by atoms with Gasteiger partial charge in [-0.1, -0.05) is 131 Å². The van der Waals surface area contributed by atoms with Crippen molar-refractivity contribution in [1.29, 1.82) is 0 Å². The van der Waals surface area contributed by atoms with Gasteiger partial charge in [-0.3, -0.25) is 14.4 Å². The van der Waals surface area contributed by atoms with Crippen molar-refractivity contribution in [3.8, 4) is 39.5 Å². The molecule has 6 nitrogen and oxygen atoms in total. The van der Waals surface area contributed by atoms with Crippen LogP contribution in [0.25, 0.3) is 72.6 Å². The fourth-order valence-electron chi connectivity index (χ4n) is 7.66. The van der Waals surface area contributed by atoms with Crippen LogP contribution in [-0.4, -0.2) is 32.6 Å². The molecular weight excluding hydrogens is 950 g/mol. The Hall–Kier alpha value is -5.60. The zero-order chi connectivity index (χ0) is 47.5. The zero-order valence-electron chi connectivity index (χ0n) is 41.4. The number of imidazole rings is 1. The summed E-state index contributed by atoms with van der Waals surface area (Å²) in [6.07, 6.45) is 3.54. The molecule has 9 rings (SSSR count). The first-order valence-corrected chi connectivity index (χ1v) is 23.6. The summed E-state index contributed by atoms with van der Waals surface area (Å²) in [6, 6.07) is 36.6. The van der Waals surface area contributed by atoms with Crippen LogP contribution >= 0.6 is 0 Å². The number of pyridine rings is 3. The van der Waals surface area contributed by atoms with Crippen molar-refractivity contribution in [2.24, 2.45) is 0 Å². The normalized spacial score (nSPS) is 13.6. The van der Waals surface area contributed by atoms with E-state index < -0.39 is 27.6 Å². The molecule has 0 aliphatic carbocycles. The van der Waals surface area contributed by atoms with Gasteiger partial charge < -0.3 is 14.0 Å². The Bertz CT molecular complexity index is 3220. The van der Waals surface area contributed by atoms with E-state index in [1.54, 1.807) is 30.6 Å². The van der Waals surface area contributed by atoms with Crippen molar-refractivity contribution in [2.45, 2.75) is 79.8 Å². The van der Waals surface area contributed by atoms with Gasteiger partial charge in [-0.05, 0) is 83.0 Å². The number of nitrogens with zero attached hydrogens (tertiary/aromatic N) is 5. The largest absolute Gasteiger partial charge is 0.458 e. The second kappa shape index (κ2) is 17.4. The van der Waals surface area contributed by atoms with Gasteiger partial charge in [0.05, 0.1) is 36.2 Å². The van der Waals surface area contributed by atoms with E-state index in [4.69, 9.17) is 22.6 Å². The Morgan fingerprint density at radius 3 is 2.16 bits per heavy atom. The molecule has 311 valence electrons. The maximum atomic E-state index is 14.4. The summed E-state index contributed by atoms with van der Waals surface area (Å²) in [6.45, 7) is 12.7. The summed E-state index contributed by atoms with van der Waals surface area (Å²) in [4.78, 5) is 18.6. The fourth-order valence-corrected chi connectivity index (χ4v) is 8.69. The standard InChI is InChI=1S/C37H33N4O.C15H17FNSi.Ir/c1-21(2)29-19-26(25-11-8-7-9-12-25)20-30(22(3)4)35(29)41-34-24(6)38-18-17-31(34)40-36(41)27-13-10-14-32-33(27)28-16-15-23(5)39-37(28)42-32;1-11-6-5-7-13(15(11)16)14-9-8-12(10-17-14)18(2,3)4;/h7-12,14-22H,1-6H3;5-6,8-10H,1-4H3;/q2*-1;/i5D3;1D3;. The molecule has 0 amide bonds. The van der Waals surface area contributed by atoms with Crippen LogP contribution in [-0.2, 0) is 20.1 Å². The SMILES string of the molecule is [2H]C([2H])([2H])c1cc[c-]c(-c2ccc([Si](C)(C)C)cn2)c1F.[2H]C([2H])([2H])c1ccc2c(n1)oc1cc[c-]c(-c3nc4ccnc(C)c4n3-c3c(C(C)C)cc(-c4ccccc4)cc3C(C)C)c12.[Ir]. The van der Waals surface area contributed by atoms with Crippen LogP contribution in [0.2, 0.25) is 19.6 Å². The predicted octanol–water partition coefficient (Wildman–Crippen LogP) is 13.3. The number of benzene rings is 4. The van der Waals surface area contributed by atoms with Gasteiger partial charge in [-0.2, -0.15) is 0 Å². The van der Waals surface area contributed by atoms with Crippen LogP contribution < -0.4 is 5.19 Å². The van der Waals surface area contributed by atoms with Gasteiger partial charge in [0.15, 0.2) is 0 Å². The number of aromatic nitrogens is 5. The zero-order valence-corrected chi connectivity index (χ0v) is 38.8. The molecule has 0 aliphatic rings. The summed E-state index contributed by atoms with van der Waals surface area (Å²) in [5.74, 6) is 0.359. The van der Waals surface area contributed by atoms with Crippen molar-refractivity contribution >= 4 is 46.4 Å². The molecule has 0 saturated carbocycles. The number of fused-ring (bicyclic) bond motifs is 4. The van der Waals surface area contributed by atoms with E-state index in [0.29, 0.717) is 22.5 Å². The monoisotopic (exact) mass is 1010 g/mol. The van der Waals surface area contributed by atoms with E-state index in [-0.39, 0.29) is 54.5 Å². The average molecular weight is 1010 g/mol. The maximum absolute atomic E-state index is 14.4. The quantitative estimate of drug-likeness (QED) is 0.118. The number of halogens is 1. The molecule has 9 heteroatoms. The second-order valence-corrected chi connectivity index (χ2v) is 21.8. The molecule has 0 bridgehead atoms. The van der Waals surface area contributed by atoms with Crippen LogP contribution in [0.15, 0.2) is 114 Å². The van der Waals surface area contributed by atoms with Gasteiger partial charge in [0.25, 0.3) is 0 Å². The van der Waals surface area contributed by atoms with Gasteiger partial charge in [0.1, 0.15) is 0 Å². The third kappa shape index (κ3) is 8.39. The molecule has 0 spiro atoms. The summed E-state index contributed by atoms with van der Waals surface area (Å²) in [5.41, 5.74) is 10.3. The predicted molar refractivity (Wildman–Crippen MR) is 247 cm³/mol. The van der Waals surface area contributed by atoms with E-state index in [1.807, 2.05) is 37.3 Å². The van der Waals surface area contributed by atoms with Crippen LogP contribution in [0.4, 0.5) is 4.39 Å². The minimum Gasteiger partial charge on any atom is -0.458 e. The molecule has 0 fully saturated rings. The van der Waals surface area contributed by atoms with Crippen LogP contribution in [0.1, 0.15) is 75.8 Å². The van der Waals surface area contributed by atoms with E-state index in [2.05, 4.69) is 110 Å². The summed E-state index contributed by atoms with van der Waals surface area (Å²) >= 11 is 0. The Morgan fingerprint density at radius 2 is 1.51 bits per heavy atom. The first kappa shape index (κ1) is 36.1. The molecule has 9 aromatic rings. The maximum Gasteiger partial charge on any atom is 0.215 e. The van der Waals surface area contributed by atoms with Gasteiger partial charge in [-0.15, -0.1) is 30.3 Å². The van der Waals surface area contributed by atoms with Gasteiger partial charge >= 0.3 is 0 Å². The topological polar surface area (TPSA) is 69.6 Å². The molecule has 5 aromatic heterocycles. The van der Waals surface area contributed by atoms with Gasteiger partial charge in [-0.25, -0.2) is 4.98 Å². The summed E-state index contributed by atoms with van der Waals surface area (Å²) in [5, 5.41) is 2.67. The summed E-state index contributed by atoms with van der Waals surface area (Å²) in [7, 11) is -1.47. The van der Waals surface area contributed by atoms with Crippen LogP contribution in [0.3, 0.4) is 0 Å². The molecular formula is C52H50FIrN5OSi-2. The molecule has 61 heavy (non-hydrogen) atoms. The number of aryl methyl sites for hydroxylation is 3. The van der Waals surface area contributed by atoms with Crippen molar-refractivity contribution in [1.82, 2.24) is 24.5 Å². The van der Waals surface area contributed by atoms with Crippen LogP contribution in [0, 0.1) is 38.6 Å². The third-order valence-corrected chi connectivity index (χ3v) is 12.9. The number of hydrogen-bond donors (Lipinski definition) is 0. The molecule has 1 radical (unpaired) electrons. The summed E-state index contributed by atoms with van der Waals surface area (Å²) < 4.78 is 68.4. The minimum atomic E-state index is -2.48. The molecule has 0 saturated heterocycles. The number of furan rings is 1. The first-order valence-electron chi connectivity index (χ1n) is 23.1. The van der Waals surface area contributed by atoms with Crippen molar-refractivity contribution < 1.29 is 37.1 Å². The van der Waals surface area contributed by atoms with E-state index >= 15 is 0 Å². The smallest absolute Gasteiger partial charge is 0.215 e. The van der Waals surface area contributed by atoms with Crippen molar-refractivity contribution in [3.63, 3.8) is 0 Å². The molecule has 0 atom stereocenters. The second-order valence-electron chi connectivity index (χ2n) is 16.7. The number of rotatable bonds is 7. The van der Waals surface area contributed by atoms with Gasteiger partial charge in [0.2, 0.25) is 5.71 Å². The Kier molecular flexibility index (Phi) is 10.3. The first-order chi connectivity index (χ1) is 31.1. The average Bonchev–Trinajstić information content (AvgIpc) is 3.85. The molecule has 0 aliphatic heterocycles. The molecule has 4 aromatic carbocycles. The number of hydrogen-bond acceptors (Lipinski definition) is 5. The Morgan fingerprint density at radius 1 is 0.787 bits per heavy atom. The van der Waals surface area contributed by atoms with Gasteiger partial charge in [0, 0.05) is 63.3 Å². The van der Waals surface area contributed by atoms with Crippen LogP contribution in [0.5, 0.6) is 0 Å². The molecule has 0 unspecified atom stereocenters. The van der Waals surface area contributed by atoms with E-state index in [1.165, 1.54) is 39.6 Å². The minimum absolute atomic E-state index is 0. The van der Waals surface area contributed by atoms with E-state index in [0.717, 1.165) is 33.4 Å². The Labute approximate surface area is 381 Å². The molecule has 5 heterocycles. The molecule has 0 N–H and O–H groups in total. The van der Waals surface area contributed by atoms with Crippen molar-refractivity contribution in [2.75, 3.05) is 0 Å². The Balaban J connectivity index is 0.000000255. The van der Waals surface area contributed by atoms with Crippen molar-refractivity contribution in [3.05, 3.63) is 155 Å². The van der Waals surface area contributed by atoms with E-state index in [9.17, 15) is 4.39 Å².